The molecule has 0 aliphatic carbocycles. The van der Waals surface area contributed by atoms with Gasteiger partial charge in [-0.05, 0) is 0 Å². The third-order valence-corrected chi connectivity index (χ3v) is 1.82. The van der Waals surface area contributed by atoms with E-state index in [2.05, 4.69) is 0 Å². The van der Waals surface area contributed by atoms with Crippen LogP contribution in [0.2, 0.25) is 0 Å². The van der Waals surface area contributed by atoms with Crippen LogP contribution in [0.5, 0.6) is 0 Å². The molecule has 0 heterocycles. The van der Waals surface area contributed by atoms with Crippen molar-refractivity contribution in [2.45, 2.75) is 13.0 Å². The second kappa shape index (κ2) is 9.36. The molecule has 0 fully saturated rings. The Kier molecular flexibility index (Phi) is 9.23. The molecule has 0 amide bonds. The smallest absolute Gasteiger partial charge is 0.146 e. The van der Waals surface area contributed by atoms with Crippen molar-refractivity contribution in [3.63, 3.8) is 0 Å². The van der Waals surface area contributed by atoms with E-state index in [4.69, 9.17) is 19.3 Å². The molecule has 0 aromatic carbocycles. The molecule has 0 unspecified atom stereocenters. The average Bonchev–Trinajstić information content (AvgIpc) is 2.21. The van der Waals surface area contributed by atoms with Crippen molar-refractivity contribution in [2.24, 2.45) is 5.92 Å². The maximum atomic E-state index is 9.18. The first-order valence-corrected chi connectivity index (χ1v) is 4.65. The lowest BCUT2D eigenvalue weighted by Gasteiger charge is -2.16. The minimum absolute atomic E-state index is 0.0916. The Morgan fingerprint density at radius 3 is 2.50 bits per heavy atom. The molecule has 0 saturated carbocycles. The van der Waals surface area contributed by atoms with Crippen molar-refractivity contribution >= 4 is 0 Å². The molecule has 0 aromatic heterocycles. The zero-order chi connectivity index (χ0) is 10.8. The second-order valence-electron chi connectivity index (χ2n) is 3.12. The van der Waals surface area contributed by atoms with Gasteiger partial charge in [-0.3, -0.25) is 0 Å². The highest BCUT2D eigenvalue weighted by atomic mass is 16.7. The number of hydrogen-bond acceptors (Lipinski definition) is 5. The van der Waals surface area contributed by atoms with Gasteiger partial charge in [0.05, 0.1) is 32.5 Å². The molecule has 0 aliphatic rings. The van der Waals surface area contributed by atoms with Gasteiger partial charge in [0.2, 0.25) is 0 Å². The minimum Gasteiger partial charge on any atom is -0.394 e. The van der Waals surface area contributed by atoms with Gasteiger partial charge < -0.3 is 24.4 Å². The molecule has 14 heavy (non-hydrogen) atoms. The Bertz CT molecular complexity index is 120. The van der Waals surface area contributed by atoms with Crippen LogP contribution >= 0.6 is 0 Å². The standard InChI is InChI=1S/C9H20O5/c1-8(9(11)5-10)6-14-7-13-4-3-12-2/h8-11H,3-7H2,1-2H3/t8-,9+/m1/s1. The van der Waals surface area contributed by atoms with Gasteiger partial charge in [0.25, 0.3) is 0 Å². The van der Waals surface area contributed by atoms with E-state index in [1.54, 1.807) is 14.0 Å². The van der Waals surface area contributed by atoms with Crippen molar-refractivity contribution in [1.29, 1.82) is 0 Å². The van der Waals surface area contributed by atoms with Crippen LogP contribution in [0, 0.1) is 5.92 Å². The summed E-state index contributed by atoms with van der Waals surface area (Å²) in [6.45, 7) is 3.15. The Hall–Kier alpha value is -0.200. The normalized spacial score (nSPS) is 15.4. The maximum Gasteiger partial charge on any atom is 0.146 e. The lowest BCUT2D eigenvalue weighted by Crippen LogP contribution is -2.26. The van der Waals surface area contributed by atoms with Crippen LogP contribution in [-0.4, -0.2) is 56.6 Å². The lowest BCUT2D eigenvalue weighted by atomic mass is 10.1. The fourth-order valence-electron chi connectivity index (χ4n) is 0.785. The summed E-state index contributed by atoms with van der Waals surface area (Å²) in [7, 11) is 1.60. The number of aliphatic hydroxyl groups is 2. The van der Waals surface area contributed by atoms with E-state index in [-0.39, 0.29) is 19.3 Å². The molecular formula is C9H20O5. The van der Waals surface area contributed by atoms with E-state index >= 15 is 0 Å². The summed E-state index contributed by atoms with van der Waals surface area (Å²) < 4.78 is 14.9. The Morgan fingerprint density at radius 1 is 1.21 bits per heavy atom. The molecule has 0 radical (unpaired) electrons. The van der Waals surface area contributed by atoms with E-state index in [0.717, 1.165) is 0 Å². The second-order valence-corrected chi connectivity index (χ2v) is 3.12. The highest BCUT2D eigenvalue weighted by Crippen LogP contribution is 2.02. The third-order valence-electron chi connectivity index (χ3n) is 1.82. The molecule has 0 aromatic rings. The Morgan fingerprint density at radius 2 is 1.93 bits per heavy atom. The summed E-state index contributed by atoms with van der Waals surface area (Å²) in [6.07, 6.45) is -0.728. The van der Waals surface area contributed by atoms with Gasteiger partial charge in [0.15, 0.2) is 0 Å². The first kappa shape index (κ1) is 13.8. The predicted molar refractivity (Wildman–Crippen MR) is 50.9 cm³/mol. The van der Waals surface area contributed by atoms with E-state index in [9.17, 15) is 5.11 Å². The van der Waals surface area contributed by atoms with Gasteiger partial charge in [-0.2, -0.15) is 0 Å². The van der Waals surface area contributed by atoms with Crippen LogP contribution in [0.3, 0.4) is 0 Å². The van der Waals surface area contributed by atoms with Crippen LogP contribution in [-0.2, 0) is 14.2 Å². The van der Waals surface area contributed by atoms with Gasteiger partial charge in [-0.25, -0.2) is 0 Å². The molecular weight excluding hydrogens is 188 g/mol. The Labute approximate surface area is 84.6 Å². The minimum atomic E-state index is -0.728. The van der Waals surface area contributed by atoms with Crippen molar-refractivity contribution in [1.82, 2.24) is 0 Å². The first-order valence-electron chi connectivity index (χ1n) is 4.65. The highest BCUT2D eigenvalue weighted by molar-refractivity contribution is 4.61. The van der Waals surface area contributed by atoms with Crippen molar-refractivity contribution < 1.29 is 24.4 Å². The number of ether oxygens (including phenoxy) is 3. The lowest BCUT2D eigenvalue weighted by molar-refractivity contribution is -0.0872. The zero-order valence-corrected chi connectivity index (χ0v) is 8.81. The number of methoxy groups -OCH3 is 1. The summed E-state index contributed by atoms with van der Waals surface area (Å²) in [6, 6.07) is 0. The quantitative estimate of drug-likeness (QED) is 0.399. The molecule has 0 rings (SSSR count). The average molecular weight is 208 g/mol. The van der Waals surface area contributed by atoms with Crippen molar-refractivity contribution in [2.75, 3.05) is 40.3 Å². The molecule has 2 atom stereocenters. The van der Waals surface area contributed by atoms with Crippen LogP contribution in [0.1, 0.15) is 6.92 Å². The molecule has 0 saturated heterocycles. The van der Waals surface area contributed by atoms with Gasteiger partial charge >= 0.3 is 0 Å². The van der Waals surface area contributed by atoms with Crippen molar-refractivity contribution in [3.8, 4) is 0 Å². The summed E-state index contributed by atoms with van der Waals surface area (Å²) in [5.74, 6) is -0.0916. The highest BCUT2D eigenvalue weighted by Gasteiger charge is 2.12. The topological polar surface area (TPSA) is 68.2 Å². The SMILES string of the molecule is COCCOCOC[C@@H](C)[C@@H](O)CO. The van der Waals surface area contributed by atoms with Crippen LogP contribution in [0.4, 0.5) is 0 Å². The fourth-order valence-corrected chi connectivity index (χ4v) is 0.785. The van der Waals surface area contributed by atoms with Crippen molar-refractivity contribution in [3.05, 3.63) is 0 Å². The van der Waals surface area contributed by atoms with E-state index < -0.39 is 6.10 Å². The summed E-state index contributed by atoms with van der Waals surface area (Å²) in [4.78, 5) is 0. The summed E-state index contributed by atoms with van der Waals surface area (Å²) in [5.41, 5.74) is 0. The maximum absolute atomic E-state index is 9.18. The molecule has 0 spiro atoms. The van der Waals surface area contributed by atoms with Crippen LogP contribution < -0.4 is 0 Å². The van der Waals surface area contributed by atoms with Crippen LogP contribution in [0.25, 0.3) is 0 Å². The number of rotatable bonds is 9. The third kappa shape index (κ3) is 7.23. The number of aliphatic hydroxyl groups excluding tert-OH is 2. The molecule has 0 bridgehead atoms. The molecule has 86 valence electrons. The number of hydrogen-bond donors (Lipinski definition) is 2. The molecule has 5 heteroatoms. The van der Waals surface area contributed by atoms with E-state index in [1.807, 2.05) is 0 Å². The van der Waals surface area contributed by atoms with Gasteiger partial charge in [0.1, 0.15) is 6.79 Å². The fraction of sp³-hybridized carbons (Fsp3) is 1.00. The summed E-state index contributed by atoms with van der Waals surface area (Å²) in [5, 5.41) is 17.8. The Balaban J connectivity index is 3.18. The van der Waals surface area contributed by atoms with Gasteiger partial charge in [-0.15, -0.1) is 0 Å². The van der Waals surface area contributed by atoms with E-state index in [0.29, 0.717) is 19.8 Å². The molecule has 2 N–H and O–H groups in total. The summed E-state index contributed by atoms with van der Waals surface area (Å²) >= 11 is 0. The van der Waals surface area contributed by atoms with Gasteiger partial charge in [0, 0.05) is 13.0 Å². The molecule has 5 nitrogen and oxygen atoms in total. The van der Waals surface area contributed by atoms with E-state index in [1.165, 1.54) is 0 Å². The first-order chi connectivity index (χ1) is 6.72. The van der Waals surface area contributed by atoms with Gasteiger partial charge in [-0.1, -0.05) is 6.92 Å². The molecule has 0 aliphatic heterocycles. The monoisotopic (exact) mass is 208 g/mol. The predicted octanol–water partition coefficient (Wildman–Crippen LogP) is -0.387. The van der Waals surface area contributed by atoms with Crippen LogP contribution in [0.15, 0.2) is 0 Å². The zero-order valence-electron chi connectivity index (χ0n) is 8.81. The largest absolute Gasteiger partial charge is 0.394 e.